The van der Waals surface area contributed by atoms with Crippen LogP contribution in [0.5, 0.6) is 5.75 Å². The number of rotatable bonds is 5. The van der Waals surface area contributed by atoms with Crippen LogP contribution >= 0.6 is 0 Å². The Hall–Kier alpha value is -1.55. The Morgan fingerprint density at radius 2 is 2.05 bits per heavy atom. The molecule has 4 nitrogen and oxygen atoms in total. The van der Waals surface area contributed by atoms with Gasteiger partial charge in [-0.05, 0) is 37.3 Å². The highest BCUT2D eigenvalue weighted by Gasteiger charge is 2.18. The van der Waals surface area contributed by atoms with Crippen molar-refractivity contribution in [2.75, 3.05) is 33.4 Å². The van der Waals surface area contributed by atoms with Gasteiger partial charge in [0.15, 0.2) is 6.61 Å². The Labute approximate surface area is 120 Å². The van der Waals surface area contributed by atoms with Gasteiger partial charge >= 0.3 is 0 Å². The molecule has 0 unspecified atom stereocenters. The SMILES string of the molecule is Cc1ccccc1OCC(=O)N(C)CC1CCOCC1. The smallest absolute Gasteiger partial charge is 0.260 e. The second kappa shape index (κ2) is 7.29. The number of carbonyl (C=O) groups is 1. The maximum absolute atomic E-state index is 12.1. The summed E-state index contributed by atoms with van der Waals surface area (Å²) in [4.78, 5) is 13.8. The monoisotopic (exact) mass is 277 g/mol. The van der Waals surface area contributed by atoms with Gasteiger partial charge in [-0.3, -0.25) is 4.79 Å². The third-order valence-corrected chi connectivity index (χ3v) is 3.74. The number of amides is 1. The van der Waals surface area contributed by atoms with E-state index < -0.39 is 0 Å². The van der Waals surface area contributed by atoms with Crippen molar-refractivity contribution >= 4 is 5.91 Å². The minimum Gasteiger partial charge on any atom is -0.484 e. The summed E-state index contributed by atoms with van der Waals surface area (Å²) in [5, 5.41) is 0. The molecular weight excluding hydrogens is 254 g/mol. The van der Waals surface area contributed by atoms with Gasteiger partial charge in [0.05, 0.1) is 0 Å². The number of nitrogens with zero attached hydrogens (tertiary/aromatic N) is 1. The highest BCUT2D eigenvalue weighted by Crippen LogP contribution is 2.17. The van der Waals surface area contributed by atoms with Crippen LogP contribution in [-0.4, -0.2) is 44.2 Å². The molecule has 0 aromatic heterocycles. The first-order chi connectivity index (χ1) is 9.66. The Morgan fingerprint density at radius 3 is 2.75 bits per heavy atom. The lowest BCUT2D eigenvalue weighted by atomic mass is 10.00. The van der Waals surface area contributed by atoms with Gasteiger partial charge < -0.3 is 14.4 Å². The second-order valence-electron chi connectivity index (χ2n) is 5.38. The molecule has 0 radical (unpaired) electrons. The first-order valence-electron chi connectivity index (χ1n) is 7.17. The quantitative estimate of drug-likeness (QED) is 0.828. The zero-order chi connectivity index (χ0) is 14.4. The van der Waals surface area contributed by atoms with E-state index in [1.54, 1.807) is 4.90 Å². The lowest BCUT2D eigenvalue weighted by molar-refractivity contribution is -0.133. The van der Waals surface area contributed by atoms with Gasteiger partial charge in [0.25, 0.3) is 5.91 Å². The third-order valence-electron chi connectivity index (χ3n) is 3.74. The molecule has 1 heterocycles. The van der Waals surface area contributed by atoms with Crippen molar-refractivity contribution < 1.29 is 14.3 Å². The van der Waals surface area contributed by atoms with Crippen molar-refractivity contribution in [3.8, 4) is 5.75 Å². The number of hydrogen-bond acceptors (Lipinski definition) is 3. The van der Waals surface area contributed by atoms with E-state index in [4.69, 9.17) is 9.47 Å². The lowest BCUT2D eigenvalue weighted by Crippen LogP contribution is -2.36. The molecule has 0 aliphatic carbocycles. The summed E-state index contributed by atoms with van der Waals surface area (Å²) in [6.45, 7) is 4.49. The van der Waals surface area contributed by atoms with Crippen molar-refractivity contribution in [2.24, 2.45) is 5.92 Å². The molecular formula is C16H23NO3. The highest BCUT2D eigenvalue weighted by atomic mass is 16.5. The molecule has 1 fully saturated rings. The van der Waals surface area contributed by atoms with E-state index in [1.807, 2.05) is 38.2 Å². The van der Waals surface area contributed by atoms with Crippen LogP contribution in [0.2, 0.25) is 0 Å². The second-order valence-corrected chi connectivity index (χ2v) is 5.38. The molecule has 1 amide bonds. The average Bonchev–Trinajstić information content (AvgIpc) is 2.47. The molecule has 0 N–H and O–H groups in total. The number of para-hydroxylation sites is 1. The topological polar surface area (TPSA) is 38.8 Å². The highest BCUT2D eigenvalue weighted by molar-refractivity contribution is 5.77. The van der Waals surface area contributed by atoms with E-state index in [-0.39, 0.29) is 12.5 Å². The van der Waals surface area contributed by atoms with E-state index in [0.29, 0.717) is 5.92 Å². The molecule has 20 heavy (non-hydrogen) atoms. The van der Waals surface area contributed by atoms with E-state index >= 15 is 0 Å². The molecule has 4 heteroatoms. The minimum absolute atomic E-state index is 0.0275. The van der Waals surface area contributed by atoms with Crippen LogP contribution in [0.4, 0.5) is 0 Å². The molecule has 1 aromatic carbocycles. The largest absolute Gasteiger partial charge is 0.484 e. The predicted octanol–water partition coefficient (Wildman–Crippen LogP) is 2.26. The Bertz CT molecular complexity index is 441. The van der Waals surface area contributed by atoms with E-state index in [9.17, 15) is 4.79 Å². The van der Waals surface area contributed by atoms with Gasteiger partial charge in [-0.1, -0.05) is 18.2 Å². The Balaban J connectivity index is 1.77. The fourth-order valence-corrected chi connectivity index (χ4v) is 2.39. The summed E-state index contributed by atoms with van der Waals surface area (Å²) in [7, 11) is 1.85. The molecule has 0 atom stereocenters. The Morgan fingerprint density at radius 1 is 1.35 bits per heavy atom. The number of ether oxygens (including phenoxy) is 2. The summed E-state index contributed by atoms with van der Waals surface area (Å²) < 4.78 is 10.9. The van der Waals surface area contributed by atoms with Gasteiger partial charge in [0, 0.05) is 26.8 Å². The first-order valence-corrected chi connectivity index (χ1v) is 7.17. The van der Waals surface area contributed by atoms with Gasteiger partial charge in [0.1, 0.15) is 5.75 Å². The average molecular weight is 277 g/mol. The maximum atomic E-state index is 12.1. The van der Waals surface area contributed by atoms with Crippen molar-refractivity contribution in [2.45, 2.75) is 19.8 Å². The third kappa shape index (κ3) is 4.23. The van der Waals surface area contributed by atoms with Crippen molar-refractivity contribution in [1.82, 2.24) is 4.90 Å². The molecule has 1 aliphatic heterocycles. The zero-order valence-corrected chi connectivity index (χ0v) is 12.3. The normalized spacial score (nSPS) is 15.9. The predicted molar refractivity (Wildman–Crippen MR) is 77.9 cm³/mol. The van der Waals surface area contributed by atoms with E-state index in [0.717, 1.165) is 43.9 Å². The fraction of sp³-hybridized carbons (Fsp3) is 0.562. The van der Waals surface area contributed by atoms with Crippen LogP contribution in [0.15, 0.2) is 24.3 Å². The van der Waals surface area contributed by atoms with Gasteiger partial charge in [-0.25, -0.2) is 0 Å². The first kappa shape index (κ1) is 14.9. The molecule has 110 valence electrons. The van der Waals surface area contributed by atoms with Crippen LogP contribution in [0.25, 0.3) is 0 Å². The van der Waals surface area contributed by atoms with Crippen LogP contribution in [0, 0.1) is 12.8 Å². The molecule has 2 rings (SSSR count). The van der Waals surface area contributed by atoms with Crippen LogP contribution in [0.1, 0.15) is 18.4 Å². The number of benzene rings is 1. The van der Waals surface area contributed by atoms with Crippen LogP contribution in [-0.2, 0) is 9.53 Å². The number of carbonyl (C=O) groups excluding carboxylic acids is 1. The minimum atomic E-state index is 0.0275. The van der Waals surface area contributed by atoms with Crippen molar-refractivity contribution in [3.63, 3.8) is 0 Å². The van der Waals surface area contributed by atoms with Crippen molar-refractivity contribution in [3.05, 3.63) is 29.8 Å². The summed E-state index contributed by atoms with van der Waals surface area (Å²) >= 11 is 0. The molecule has 0 spiro atoms. The van der Waals surface area contributed by atoms with Crippen LogP contribution in [0.3, 0.4) is 0 Å². The standard InChI is InChI=1S/C16H23NO3/c1-13-5-3-4-6-15(13)20-12-16(18)17(2)11-14-7-9-19-10-8-14/h3-6,14H,7-12H2,1-2H3. The summed E-state index contributed by atoms with van der Waals surface area (Å²) in [6, 6.07) is 7.74. The fourth-order valence-electron chi connectivity index (χ4n) is 2.39. The molecule has 0 saturated carbocycles. The summed E-state index contributed by atoms with van der Waals surface area (Å²) in [6.07, 6.45) is 2.08. The molecule has 1 saturated heterocycles. The van der Waals surface area contributed by atoms with Crippen molar-refractivity contribution in [1.29, 1.82) is 0 Å². The van der Waals surface area contributed by atoms with Gasteiger partial charge in [0.2, 0.25) is 0 Å². The van der Waals surface area contributed by atoms with Crippen LogP contribution < -0.4 is 4.74 Å². The Kier molecular flexibility index (Phi) is 5.41. The molecule has 0 bridgehead atoms. The lowest BCUT2D eigenvalue weighted by Gasteiger charge is -2.27. The van der Waals surface area contributed by atoms with Gasteiger partial charge in [-0.2, -0.15) is 0 Å². The summed E-state index contributed by atoms with van der Waals surface area (Å²) in [5.41, 5.74) is 1.05. The number of hydrogen-bond donors (Lipinski definition) is 0. The molecule has 1 aliphatic rings. The maximum Gasteiger partial charge on any atom is 0.260 e. The summed E-state index contributed by atoms with van der Waals surface area (Å²) in [5.74, 6) is 1.36. The van der Waals surface area contributed by atoms with E-state index in [1.165, 1.54) is 0 Å². The molecule has 1 aromatic rings. The number of aryl methyl sites for hydroxylation is 1. The van der Waals surface area contributed by atoms with Gasteiger partial charge in [-0.15, -0.1) is 0 Å². The van der Waals surface area contributed by atoms with E-state index in [2.05, 4.69) is 0 Å². The number of likely N-dealkylation sites (N-methyl/N-ethyl adjacent to an activating group) is 1. The zero-order valence-electron chi connectivity index (χ0n) is 12.3.